The highest BCUT2D eigenvalue weighted by atomic mass is 19.4. The molecule has 0 radical (unpaired) electrons. The molecule has 1 aliphatic carbocycles. The lowest BCUT2D eigenvalue weighted by atomic mass is 9.76. The Morgan fingerprint density at radius 1 is 1.50 bits per heavy atom. The summed E-state index contributed by atoms with van der Waals surface area (Å²) in [7, 11) is 0. The van der Waals surface area contributed by atoms with E-state index in [0.717, 1.165) is 17.7 Å². The summed E-state index contributed by atoms with van der Waals surface area (Å²) in [5, 5.41) is 0. The molecule has 0 saturated heterocycles. The number of amides is 1. The van der Waals surface area contributed by atoms with Crippen molar-refractivity contribution >= 4 is 5.91 Å². The van der Waals surface area contributed by atoms with E-state index >= 15 is 0 Å². The fourth-order valence-electron chi connectivity index (χ4n) is 2.64. The Labute approximate surface area is 106 Å². The van der Waals surface area contributed by atoms with Crippen molar-refractivity contribution in [3.05, 3.63) is 0 Å². The van der Waals surface area contributed by atoms with Crippen LogP contribution in [-0.2, 0) is 4.79 Å². The van der Waals surface area contributed by atoms with E-state index < -0.39 is 24.2 Å². The predicted octanol–water partition coefficient (Wildman–Crippen LogP) is 2.30. The molecule has 2 unspecified atom stereocenters. The molecule has 1 rings (SSSR count). The molecule has 0 aliphatic heterocycles. The summed E-state index contributed by atoms with van der Waals surface area (Å²) in [4.78, 5) is 13.0. The zero-order valence-electron chi connectivity index (χ0n) is 10.9. The molecule has 18 heavy (non-hydrogen) atoms. The lowest BCUT2D eigenvalue weighted by molar-refractivity contribution is -0.165. The third-order valence-corrected chi connectivity index (χ3v) is 3.50. The highest BCUT2D eigenvalue weighted by Crippen LogP contribution is 2.32. The van der Waals surface area contributed by atoms with E-state index in [4.69, 9.17) is 5.73 Å². The molecule has 6 heteroatoms. The lowest BCUT2D eigenvalue weighted by Gasteiger charge is -2.39. The Kier molecular flexibility index (Phi) is 4.64. The molecule has 1 aliphatic rings. The van der Waals surface area contributed by atoms with Gasteiger partial charge >= 0.3 is 6.18 Å². The van der Waals surface area contributed by atoms with E-state index in [9.17, 15) is 18.0 Å². The Hall–Kier alpha value is -0.780. The van der Waals surface area contributed by atoms with Crippen LogP contribution in [0.15, 0.2) is 0 Å². The van der Waals surface area contributed by atoms with E-state index in [2.05, 4.69) is 0 Å². The average molecular weight is 266 g/mol. The zero-order chi connectivity index (χ0) is 14.0. The molecule has 0 aromatic heterocycles. The van der Waals surface area contributed by atoms with Crippen LogP contribution in [0.4, 0.5) is 13.2 Å². The van der Waals surface area contributed by atoms with Crippen molar-refractivity contribution in [2.75, 3.05) is 13.1 Å². The number of hydrogen-bond donors (Lipinski definition) is 1. The Morgan fingerprint density at radius 3 is 2.56 bits per heavy atom. The Balaban J connectivity index is 2.76. The first-order valence-electron chi connectivity index (χ1n) is 6.33. The second-order valence-corrected chi connectivity index (χ2v) is 5.29. The van der Waals surface area contributed by atoms with Crippen LogP contribution in [0.25, 0.3) is 0 Å². The van der Waals surface area contributed by atoms with Gasteiger partial charge in [-0.25, -0.2) is 0 Å². The maximum atomic E-state index is 12.4. The van der Waals surface area contributed by atoms with Gasteiger partial charge in [0, 0.05) is 6.54 Å². The number of rotatable bonds is 3. The maximum Gasteiger partial charge on any atom is 0.406 e. The first-order valence-corrected chi connectivity index (χ1v) is 6.33. The molecule has 1 amide bonds. The van der Waals surface area contributed by atoms with Crippen molar-refractivity contribution in [2.24, 2.45) is 11.7 Å². The Bertz CT molecular complexity index is 306. The van der Waals surface area contributed by atoms with Gasteiger partial charge in [-0.15, -0.1) is 0 Å². The van der Waals surface area contributed by atoms with Crippen molar-refractivity contribution in [1.82, 2.24) is 4.90 Å². The monoisotopic (exact) mass is 266 g/mol. The molecule has 106 valence electrons. The third kappa shape index (κ3) is 3.86. The number of nitrogens with two attached hydrogens (primary N) is 1. The van der Waals surface area contributed by atoms with E-state index in [1.165, 1.54) is 0 Å². The zero-order valence-corrected chi connectivity index (χ0v) is 10.9. The normalized spacial score (nSPS) is 29.1. The number of carbonyl (C=O) groups excluding carboxylic acids is 1. The van der Waals surface area contributed by atoms with Gasteiger partial charge in [-0.2, -0.15) is 13.2 Å². The van der Waals surface area contributed by atoms with E-state index in [-0.39, 0.29) is 12.5 Å². The summed E-state index contributed by atoms with van der Waals surface area (Å²) in [6.45, 7) is 2.34. The average Bonchev–Trinajstić information content (AvgIpc) is 2.23. The molecule has 1 fully saturated rings. The number of carbonyl (C=O) groups is 1. The van der Waals surface area contributed by atoms with Gasteiger partial charge in [0.15, 0.2) is 0 Å². The SMILES string of the molecule is CCN(CC(F)(F)F)C(=O)C1(N)CCCC(C)C1. The van der Waals surface area contributed by atoms with Crippen molar-refractivity contribution in [2.45, 2.75) is 51.2 Å². The summed E-state index contributed by atoms with van der Waals surface area (Å²) >= 11 is 0. The minimum absolute atomic E-state index is 0.0334. The molecule has 2 N–H and O–H groups in total. The van der Waals surface area contributed by atoms with Gasteiger partial charge in [0.25, 0.3) is 0 Å². The third-order valence-electron chi connectivity index (χ3n) is 3.50. The first-order chi connectivity index (χ1) is 8.18. The van der Waals surface area contributed by atoms with Crippen molar-refractivity contribution < 1.29 is 18.0 Å². The molecular formula is C12H21F3N2O. The van der Waals surface area contributed by atoms with Gasteiger partial charge in [-0.05, 0) is 25.7 Å². The molecule has 0 bridgehead atoms. The molecule has 2 atom stereocenters. The molecule has 0 heterocycles. The number of nitrogens with zero attached hydrogens (tertiary/aromatic N) is 1. The van der Waals surface area contributed by atoms with E-state index in [1.807, 2.05) is 6.92 Å². The number of hydrogen-bond acceptors (Lipinski definition) is 2. The van der Waals surface area contributed by atoms with Crippen molar-refractivity contribution in [3.63, 3.8) is 0 Å². The van der Waals surface area contributed by atoms with Gasteiger partial charge < -0.3 is 10.6 Å². The van der Waals surface area contributed by atoms with Gasteiger partial charge in [0.05, 0.1) is 5.54 Å². The van der Waals surface area contributed by atoms with Crippen LogP contribution in [0.5, 0.6) is 0 Å². The standard InChI is InChI=1S/C12H21F3N2O/c1-3-17(8-12(13,14)15)10(18)11(16)6-4-5-9(2)7-11/h9H,3-8,16H2,1-2H3. The minimum Gasteiger partial charge on any atom is -0.332 e. The molecule has 0 aromatic carbocycles. The summed E-state index contributed by atoms with van der Waals surface area (Å²) < 4.78 is 37.2. The highest BCUT2D eigenvalue weighted by molar-refractivity contribution is 5.86. The highest BCUT2D eigenvalue weighted by Gasteiger charge is 2.43. The van der Waals surface area contributed by atoms with E-state index in [1.54, 1.807) is 6.92 Å². The lowest BCUT2D eigenvalue weighted by Crippen LogP contribution is -2.58. The van der Waals surface area contributed by atoms with Crippen LogP contribution < -0.4 is 5.73 Å². The molecule has 0 aromatic rings. The summed E-state index contributed by atoms with van der Waals surface area (Å²) in [5.74, 6) is -0.272. The fourth-order valence-corrected chi connectivity index (χ4v) is 2.64. The molecule has 0 spiro atoms. The van der Waals surface area contributed by atoms with Gasteiger partial charge in [0.1, 0.15) is 6.54 Å². The van der Waals surface area contributed by atoms with Crippen LogP contribution in [0.3, 0.4) is 0 Å². The van der Waals surface area contributed by atoms with Crippen molar-refractivity contribution in [3.8, 4) is 0 Å². The van der Waals surface area contributed by atoms with Gasteiger partial charge in [-0.3, -0.25) is 4.79 Å². The van der Waals surface area contributed by atoms with Crippen LogP contribution >= 0.6 is 0 Å². The van der Waals surface area contributed by atoms with Crippen LogP contribution in [-0.4, -0.2) is 35.6 Å². The predicted molar refractivity (Wildman–Crippen MR) is 62.9 cm³/mol. The van der Waals surface area contributed by atoms with Gasteiger partial charge in [0.2, 0.25) is 5.91 Å². The van der Waals surface area contributed by atoms with Crippen LogP contribution in [0.2, 0.25) is 0 Å². The number of likely N-dealkylation sites (N-methyl/N-ethyl adjacent to an activating group) is 1. The fraction of sp³-hybridized carbons (Fsp3) is 0.917. The van der Waals surface area contributed by atoms with Crippen molar-refractivity contribution in [1.29, 1.82) is 0 Å². The van der Waals surface area contributed by atoms with E-state index in [0.29, 0.717) is 12.8 Å². The van der Waals surface area contributed by atoms with Crippen LogP contribution in [0, 0.1) is 5.92 Å². The molecular weight excluding hydrogens is 245 g/mol. The van der Waals surface area contributed by atoms with Crippen LogP contribution in [0.1, 0.15) is 39.5 Å². The second-order valence-electron chi connectivity index (χ2n) is 5.29. The number of halogens is 3. The molecule has 1 saturated carbocycles. The largest absolute Gasteiger partial charge is 0.406 e. The second kappa shape index (κ2) is 5.47. The number of alkyl halides is 3. The Morgan fingerprint density at radius 2 is 2.11 bits per heavy atom. The quantitative estimate of drug-likeness (QED) is 0.852. The summed E-state index contributed by atoms with van der Waals surface area (Å²) in [6, 6.07) is 0. The topological polar surface area (TPSA) is 46.3 Å². The smallest absolute Gasteiger partial charge is 0.332 e. The minimum atomic E-state index is -4.37. The first kappa shape index (κ1) is 15.3. The van der Waals surface area contributed by atoms with Gasteiger partial charge in [-0.1, -0.05) is 19.8 Å². The maximum absolute atomic E-state index is 12.4. The molecule has 3 nitrogen and oxygen atoms in total. The summed E-state index contributed by atoms with van der Waals surface area (Å²) in [5.41, 5.74) is 4.92. The summed E-state index contributed by atoms with van der Waals surface area (Å²) in [6.07, 6.45) is -1.64.